The number of nitrogens with one attached hydrogen (secondary N) is 1. The van der Waals surface area contributed by atoms with E-state index >= 15 is 0 Å². The number of nitrogens with zero attached hydrogens (tertiary/aromatic N) is 3. The van der Waals surface area contributed by atoms with Crippen molar-refractivity contribution in [3.05, 3.63) is 71.7 Å². The van der Waals surface area contributed by atoms with Crippen LogP contribution in [0.2, 0.25) is 0 Å². The topological polar surface area (TPSA) is 59.4 Å². The molecule has 0 atom stereocenters. The lowest BCUT2D eigenvalue weighted by Gasteiger charge is -2.24. The zero-order valence-corrected chi connectivity index (χ0v) is 20.1. The molecule has 2 amide bonds. The maximum Gasteiger partial charge on any atom is 0.317 e. The number of urea groups is 1. The number of rotatable bonds is 10. The van der Waals surface area contributed by atoms with Crippen molar-refractivity contribution in [3.63, 3.8) is 0 Å². The van der Waals surface area contributed by atoms with Crippen LogP contribution in [0.1, 0.15) is 57.2 Å². The second-order valence-corrected chi connectivity index (χ2v) is 9.16. The zero-order valence-electron chi connectivity index (χ0n) is 20.1. The van der Waals surface area contributed by atoms with Crippen molar-refractivity contribution in [2.75, 3.05) is 13.1 Å². The maximum atomic E-state index is 14.6. The highest BCUT2D eigenvalue weighted by Crippen LogP contribution is 2.37. The number of aromatic nitrogens is 2. The first kappa shape index (κ1) is 23.8. The number of halogens is 1. The Morgan fingerprint density at radius 1 is 1.18 bits per heavy atom. The van der Waals surface area contributed by atoms with E-state index < -0.39 is 5.82 Å². The molecule has 0 spiro atoms. The van der Waals surface area contributed by atoms with Crippen LogP contribution in [0, 0.1) is 11.7 Å². The maximum absolute atomic E-state index is 14.6. The summed E-state index contributed by atoms with van der Waals surface area (Å²) in [6.45, 7) is 7.82. The third-order valence-corrected chi connectivity index (χ3v) is 5.90. The molecule has 4 rings (SSSR count). The molecule has 1 aliphatic carbocycles. The van der Waals surface area contributed by atoms with Gasteiger partial charge in [0.15, 0.2) is 11.6 Å². The predicted octanol–water partition coefficient (Wildman–Crippen LogP) is 6.26. The van der Waals surface area contributed by atoms with Gasteiger partial charge in [-0.15, -0.1) is 0 Å². The molecule has 1 aromatic heterocycles. The van der Waals surface area contributed by atoms with Crippen LogP contribution in [0.5, 0.6) is 11.6 Å². The Morgan fingerprint density at radius 2 is 1.88 bits per heavy atom. The smallest absolute Gasteiger partial charge is 0.317 e. The molecule has 1 N–H and O–H groups in total. The van der Waals surface area contributed by atoms with Crippen LogP contribution in [0.15, 0.2) is 54.6 Å². The van der Waals surface area contributed by atoms with E-state index in [-0.39, 0.29) is 17.7 Å². The van der Waals surface area contributed by atoms with Gasteiger partial charge in [0.2, 0.25) is 5.88 Å². The lowest BCUT2D eigenvalue weighted by molar-refractivity contribution is 0.191. The second-order valence-electron chi connectivity index (χ2n) is 9.16. The highest BCUT2D eigenvalue weighted by molar-refractivity contribution is 5.74. The number of amides is 2. The first-order chi connectivity index (χ1) is 16.5. The molecule has 2 aromatic carbocycles. The van der Waals surface area contributed by atoms with Gasteiger partial charge >= 0.3 is 6.03 Å². The number of benzene rings is 2. The summed E-state index contributed by atoms with van der Waals surface area (Å²) in [5.41, 5.74) is 2.44. The van der Waals surface area contributed by atoms with E-state index in [4.69, 9.17) is 9.84 Å². The van der Waals surface area contributed by atoms with Crippen LogP contribution in [0.25, 0.3) is 5.69 Å². The minimum Gasteiger partial charge on any atom is -0.435 e. The SMILES string of the molecule is CCCNC(=O)N(Cc1c(C(C)C)nn(-c2ccccc2)c1Oc1ccccc1F)CC1CC1. The van der Waals surface area contributed by atoms with Gasteiger partial charge in [-0.3, -0.25) is 0 Å². The van der Waals surface area contributed by atoms with Crippen molar-refractivity contribution in [1.29, 1.82) is 0 Å². The molecule has 0 saturated heterocycles. The Morgan fingerprint density at radius 3 is 2.53 bits per heavy atom. The number of hydrogen-bond donors (Lipinski definition) is 1. The van der Waals surface area contributed by atoms with Crippen molar-refractivity contribution >= 4 is 6.03 Å². The lowest BCUT2D eigenvalue weighted by atomic mass is 10.1. The van der Waals surface area contributed by atoms with E-state index in [1.165, 1.54) is 6.07 Å². The molecule has 7 heteroatoms. The van der Waals surface area contributed by atoms with Gasteiger partial charge in [-0.05, 0) is 55.4 Å². The molecule has 34 heavy (non-hydrogen) atoms. The monoisotopic (exact) mass is 464 g/mol. The Balaban J connectivity index is 1.79. The minimum atomic E-state index is -0.448. The molecular formula is C27H33FN4O2. The predicted molar refractivity (Wildman–Crippen MR) is 131 cm³/mol. The van der Waals surface area contributed by atoms with Crippen LogP contribution < -0.4 is 10.1 Å². The Bertz CT molecular complexity index is 1110. The first-order valence-corrected chi connectivity index (χ1v) is 12.1. The summed E-state index contributed by atoms with van der Waals surface area (Å²) in [6, 6.07) is 15.9. The third kappa shape index (κ3) is 5.58. The summed E-state index contributed by atoms with van der Waals surface area (Å²) in [5, 5.41) is 7.90. The van der Waals surface area contributed by atoms with Gasteiger partial charge in [-0.1, -0.05) is 51.1 Å². The van der Waals surface area contributed by atoms with Gasteiger partial charge in [-0.2, -0.15) is 5.10 Å². The highest BCUT2D eigenvalue weighted by atomic mass is 19.1. The summed E-state index contributed by atoms with van der Waals surface area (Å²) in [6.07, 6.45) is 3.14. The normalized spacial score (nSPS) is 13.2. The van der Waals surface area contributed by atoms with Gasteiger partial charge in [-0.25, -0.2) is 13.9 Å². The second kappa shape index (κ2) is 10.7. The van der Waals surface area contributed by atoms with Crippen molar-refractivity contribution in [2.24, 2.45) is 5.92 Å². The molecule has 0 radical (unpaired) electrons. The van der Waals surface area contributed by atoms with Crippen LogP contribution in [0.3, 0.4) is 0 Å². The van der Waals surface area contributed by atoms with E-state index in [9.17, 15) is 9.18 Å². The fraction of sp³-hybridized carbons (Fsp3) is 0.407. The fourth-order valence-corrected chi connectivity index (χ4v) is 3.91. The average Bonchev–Trinajstić information content (AvgIpc) is 3.59. The molecule has 3 aromatic rings. The van der Waals surface area contributed by atoms with Crippen molar-refractivity contribution in [2.45, 2.75) is 52.5 Å². The molecule has 1 saturated carbocycles. The third-order valence-electron chi connectivity index (χ3n) is 5.90. The molecule has 0 bridgehead atoms. The number of para-hydroxylation sites is 2. The van der Waals surface area contributed by atoms with E-state index in [1.54, 1.807) is 22.9 Å². The van der Waals surface area contributed by atoms with E-state index in [2.05, 4.69) is 19.2 Å². The largest absolute Gasteiger partial charge is 0.435 e. The van der Waals surface area contributed by atoms with Crippen molar-refractivity contribution in [1.82, 2.24) is 20.0 Å². The van der Waals surface area contributed by atoms with E-state index in [0.717, 1.165) is 36.2 Å². The minimum absolute atomic E-state index is 0.0874. The van der Waals surface area contributed by atoms with Crippen LogP contribution in [0.4, 0.5) is 9.18 Å². The van der Waals surface area contributed by atoms with Gasteiger partial charge < -0.3 is 15.0 Å². The molecule has 0 aliphatic heterocycles. The molecule has 180 valence electrons. The van der Waals surface area contributed by atoms with Gasteiger partial charge in [0.25, 0.3) is 0 Å². The number of carbonyl (C=O) groups excluding carboxylic acids is 1. The molecule has 1 aliphatic rings. The molecule has 1 fully saturated rings. The summed E-state index contributed by atoms with van der Waals surface area (Å²) in [7, 11) is 0. The lowest BCUT2D eigenvalue weighted by Crippen LogP contribution is -2.41. The standard InChI is InChI=1S/C27H33FN4O2/c1-4-16-29-27(33)31(17-20-14-15-20)18-22-25(19(2)3)30-32(21-10-6-5-7-11-21)26(22)34-24-13-9-8-12-23(24)28/h5-13,19-20H,4,14-18H2,1-3H3,(H,29,33). The fourth-order valence-electron chi connectivity index (χ4n) is 3.91. The quantitative estimate of drug-likeness (QED) is 0.385. The summed E-state index contributed by atoms with van der Waals surface area (Å²) in [5.74, 6) is 0.722. The molecule has 0 unspecified atom stereocenters. The van der Waals surface area contributed by atoms with Crippen LogP contribution in [-0.2, 0) is 6.54 Å². The summed E-state index contributed by atoms with van der Waals surface area (Å²) < 4.78 is 22.5. The van der Waals surface area contributed by atoms with Crippen molar-refractivity contribution in [3.8, 4) is 17.3 Å². The zero-order chi connectivity index (χ0) is 24.1. The highest BCUT2D eigenvalue weighted by Gasteiger charge is 2.31. The van der Waals surface area contributed by atoms with Crippen LogP contribution in [-0.4, -0.2) is 33.8 Å². The average molecular weight is 465 g/mol. The Hall–Kier alpha value is -3.35. The van der Waals surface area contributed by atoms with Gasteiger partial charge in [0, 0.05) is 13.1 Å². The molecule has 6 nitrogen and oxygen atoms in total. The molecule has 1 heterocycles. The van der Waals surface area contributed by atoms with E-state index in [1.807, 2.05) is 42.2 Å². The first-order valence-electron chi connectivity index (χ1n) is 12.1. The molecular weight excluding hydrogens is 431 g/mol. The van der Waals surface area contributed by atoms with Gasteiger partial charge in [0.1, 0.15) is 0 Å². The van der Waals surface area contributed by atoms with Crippen LogP contribution >= 0.6 is 0 Å². The van der Waals surface area contributed by atoms with E-state index in [0.29, 0.717) is 31.4 Å². The number of hydrogen-bond acceptors (Lipinski definition) is 3. The summed E-state index contributed by atoms with van der Waals surface area (Å²) >= 11 is 0. The van der Waals surface area contributed by atoms with Gasteiger partial charge in [0.05, 0.1) is 23.5 Å². The summed E-state index contributed by atoms with van der Waals surface area (Å²) in [4.78, 5) is 14.9. The Labute approximate surface area is 200 Å². The Kier molecular flexibility index (Phi) is 7.50. The van der Waals surface area contributed by atoms with Crippen molar-refractivity contribution < 1.29 is 13.9 Å². The number of carbonyl (C=O) groups is 1. The number of ether oxygens (including phenoxy) is 1.